The zero-order valence-electron chi connectivity index (χ0n) is 12.0. The number of carbonyl (C=O) groups is 1. The molecule has 110 valence electrons. The zero-order chi connectivity index (χ0) is 14.6. The molecule has 1 amide bonds. The Morgan fingerprint density at radius 3 is 2.75 bits per heavy atom. The molecular weight excluding hydrogens is 255 g/mol. The van der Waals surface area contributed by atoms with Crippen LogP contribution in [0.15, 0.2) is 24.3 Å². The highest BCUT2D eigenvalue weighted by Gasteiger charge is 2.37. The van der Waals surface area contributed by atoms with Crippen molar-refractivity contribution in [3.05, 3.63) is 35.6 Å². The Balaban J connectivity index is 1.81. The van der Waals surface area contributed by atoms with Crippen molar-refractivity contribution in [1.82, 2.24) is 5.32 Å². The summed E-state index contributed by atoms with van der Waals surface area (Å²) in [6, 6.07) is 6.37. The normalized spacial score (nSPS) is 26.2. The Morgan fingerprint density at radius 1 is 1.40 bits per heavy atom. The summed E-state index contributed by atoms with van der Waals surface area (Å²) in [4.78, 5) is 12.2. The van der Waals surface area contributed by atoms with Gasteiger partial charge in [-0.3, -0.25) is 4.79 Å². The number of hydrogen-bond donors (Lipinski definition) is 2. The third kappa shape index (κ3) is 3.79. The molecule has 2 atom stereocenters. The van der Waals surface area contributed by atoms with Crippen LogP contribution >= 0.6 is 0 Å². The van der Waals surface area contributed by atoms with E-state index in [-0.39, 0.29) is 17.6 Å². The molecule has 0 spiro atoms. The first-order chi connectivity index (χ1) is 9.49. The molecule has 3 N–H and O–H groups in total. The van der Waals surface area contributed by atoms with Crippen molar-refractivity contribution in [1.29, 1.82) is 0 Å². The molecule has 1 saturated carbocycles. The maximum Gasteiger partial charge on any atom is 0.224 e. The lowest BCUT2D eigenvalue weighted by Gasteiger charge is -2.37. The lowest BCUT2D eigenvalue weighted by Crippen LogP contribution is -2.53. The summed E-state index contributed by atoms with van der Waals surface area (Å²) in [5, 5.41) is 2.96. The van der Waals surface area contributed by atoms with Crippen molar-refractivity contribution in [3.8, 4) is 0 Å². The largest absolute Gasteiger partial charge is 0.355 e. The fraction of sp³-hybridized carbons (Fsp3) is 0.562. The summed E-state index contributed by atoms with van der Waals surface area (Å²) in [5.74, 6) is -0.278. The van der Waals surface area contributed by atoms with Crippen molar-refractivity contribution in [2.45, 2.75) is 44.6 Å². The maximum absolute atomic E-state index is 12.8. The minimum atomic E-state index is -0.391. The molecule has 2 rings (SSSR count). The predicted molar refractivity (Wildman–Crippen MR) is 77.7 cm³/mol. The second-order valence-electron chi connectivity index (χ2n) is 5.97. The summed E-state index contributed by atoms with van der Waals surface area (Å²) in [7, 11) is 0. The molecule has 2 unspecified atom stereocenters. The Hall–Kier alpha value is -1.42. The summed E-state index contributed by atoms with van der Waals surface area (Å²) in [6.45, 7) is 2.54. The first-order valence-electron chi connectivity index (χ1n) is 7.30. The topological polar surface area (TPSA) is 55.1 Å². The van der Waals surface area contributed by atoms with Gasteiger partial charge < -0.3 is 11.1 Å². The van der Waals surface area contributed by atoms with Gasteiger partial charge in [0.05, 0.1) is 5.92 Å². The van der Waals surface area contributed by atoms with Crippen LogP contribution in [0.25, 0.3) is 0 Å². The fourth-order valence-corrected chi connectivity index (χ4v) is 2.89. The van der Waals surface area contributed by atoms with Crippen molar-refractivity contribution >= 4 is 5.91 Å². The number of benzene rings is 1. The molecule has 0 aliphatic heterocycles. The van der Waals surface area contributed by atoms with Gasteiger partial charge in [0, 0.05) is 12.1 Å². The molecule has 0 saturated heterocycles. The molecule has 1 fully saturated rings. The van der Waals surface area contributed by atoms with Crippen LogP contribution in [-0.2, 0) is 11.2 Å². The highest BCUT2D eigenvalue weighted by molar-refractivity contribution is 5.80. The maximum atomic E-state index is 12.8. The van der Waals surface area contributed by atoms with Crippen LogP contribution in [0.4, 0.5) is 4.39 Å². The number of nitrogens with two attached hydrogens (primary N) is 1. The third-order valence-electron chi connectivity index (χ3n) is 4.20. The van der Waals surface area contributed by atoms with E-state index in [0.717, 1.165) is 31.2 Å². The molecule has 4 heteroatoms. The summed E-state index contributed by atoms with van der Waals surface area (Å²) in [5.41, 5.74) is 6.85. The lowest BCUT2D eigenvalue weighted by molar-refractivity contribution is -0.128. The van der Waals surface area contributed by atoms with E-state index in [4.69, 9.17) is 5.73 Å². The Morgan fingerprint density at radius 2 is 2.10 bits per heavy atom. The average Bonchev–Trinajstić information content (AvgIpc) is 2.40. The number of carbonyl (C=O) groups excluding carboxylic acids is 1. The first-order valence-corrected chi connectivity index (χ1v) is 7.30. The first kappa shape index (κ1) is 15.0. The van der Waals surface area contributed by atoms with Crippen molar-refractivity contribution in [2.75, 3.05) is 6.54 Å². The molecule has 3 nitrogen and oxygen atoms in total. The van der Waals surface area contributed by atoms with E-state index in [2.05, 4.69) is 5.32 Å². The van der Waals surface area contributed by atoms with E-state index in [0.29, 0.717) is 13.0 Å². The molecule has 0 radical (unpaired) electrons. The smallest absolute Gasteiger partial charge is 0.224 e. The van der Waals surface area contributed by atoms with Crippen molar-refractivity contribution in [3.63, 3.8) is 0 Å². The molecule has 0 aromatic heterocycles. The van der Waals surface area contributed by atoms with Gasteiger partial charge in [-0.1, -0.05) is 25.0 Å². The molecule has 1 aromatic rings. The van der Waals surface area contributed by atoms with Crippen molar-refractivity contribution < 1.29 is 9.18 Å². The Labute approximate surface area is 119 Å². The molecular formula is C16H23FN2O. The number of hydrogen-bond acceptors (Lipinski definition) is 2. The second-order valence-corrected chi connectivity index (χ2v) is 5.97. The van der Waals surface area contributed by atoms with Gasteiger partial charge >= 0.3 is 0 Å². The van der Waals surface area contributed by atoms with Gasteiger partial charge in [-0.15, -0.1) is 0 Å². The second kappa shape index (κ2) is 6.35. The third-order valence-corrected chi connectivity index (χ3v) is 4.20. The van der Waals surface area contributed by atoms with Crippen LogP contribution < -0.4 is 11.1 Å². The van der Waals surface area contributed by atoms with E-state index in [1.165, 1.54) is 12.1 Å². The standard InChI is InChI=1S/C16H23FN2O/c1-16(18)10-3-2-4-14(16)15(20)19-11-9-12-5-7-13(17)8-6-12/h5-8,14H,2-4,9-11,18H2,1H3,(H,19,20). The lowest BCUT2D eigenvalue weighted by atomic mass is 9.74. The van der Waals surface area contributed by atoms with Crippen LogP contribution in [0.5, 0.6) is 0 Å². The van der Waals surface area contributed by atoms with Gasteiger partial charge in [0.2, 0.25) is 5.91 Å². The van der Waals surface area contributed by atoms with E-state index in [1.54, 1.807) is 12.1 Å². The van der Waals surface area contributed by atoms with Gasteiger partial charge in [0.1, 0.15) is 5.82 Å². The Bertz CT molecular complexity index is 456. The number of rotatable bonds is 4. The molecule has 1 aliphatic carbocycles. The van der Waals surface area contributed by atoms with E-state index < -0.39 is 5.54 Å². The number of halogens is 1. The van der Waals surface area contributed by atoms with E-state index >= 15 is 0 Å². The van der Waals surface area contributed by atoms with Gasteiger partial charge in [0.15, 0.2) is 0 Å². The van der Waals surface area contributed by atoms with Gasteiger partial charge in [-0.2, -0.15) is 0 Å². The van der Waals surface area contributed by atoms with Gasteiger partial charge in [-0.25, -0.2) is 4.39 Å². The molecule has 0 heterocycles. The highest BCUT2D eigenvalue weighted by Crippen LogP contribution is 2.31. The van der Waals surface area contributed by atoms with Crippen LogP contribution in [-0.4, -0.2) is 18.0 Å². The zero-order valence-corrected chi connectivity index (χ0v) is 12.0. The SMILES string of the molecule is CC1(N)CCCCC1C(=O)NCCc1ccc(F)cc1. The van der Waals surface area contributed by atoms with Gasteiger partial charge in [-0.05, 0) is 43.9 Å². The number of nitrogens with one attached hydrogen (secondary N) is 1. The van der Waals surface area contributed by atoms with E-state index in [9.17, 15) is 9.18 Å². The van der Waals surface area contributed by atoms with Crippen LogP contribution in [0, 0.1) is 11.7 Å². The monoisotopic (exact) mass is 278 g/mol. The summed E-state index contributed by atoms with van der Waals surface area (Å²) in [6.07, 6.45) is 4.66. The fourth-order valence-electron chi connectivity index (χ4n) is 2.89. The summed E-state index contributed by atoms with van der Waals surface area (Å²) >= 11 is 0. The molecule has 20 heavy (non-hydrogen) atoms. The minimum absolute atomic E-state index is 0.0526. The quantitative estimate of drug-likeness (QED) is 0.888. The summed E-state index contributed by atoms with van der Waals surface area (Å²) < 4.78 is 12.8. The van der Waals surface area contributed by atoms with Gasteiger partial charge in [0.25, 0.3) is 0 Å². The van der Waals surface area contributed by atoms with E-state index in [1.807, 2.05) is 6.92 Å². The van der Waals surface area contributed by atoms with Crippen LogP contribution in [0.1, 0.15) is 38.2 Å². The average molecular weight is 278 g/mol. The highest BCUT2D eigenvalue weighted by atomic mass is 19.1. The Kier molecular flexibility index (Phi) is 4.76. The molecule has 0 bridgehead atoms. The van der Waals surface area contributed by atoms with Crippen LogP contribution in [0.3, 0.4) is 0 Å². The predicted octanol–water partition coefficient (Wildman–Crippen LogP) is 2.39. The van der Waals surface area contributed by atoms with Crippen LogP contribution in [0.2, 0.25) is 0 Å². The molecule has 1 aliphatic rings. The minimum Gasteiger partial charge on any atom is -0.355 e. The van der Waals surface area contributed by atoms with Crippen molar-refractivity contribution in [2.24, 2.45) is 11.7 Å². The number of amides is 1. The molecule has 1 aromatic carbocycles.